The van der Waals surface area contributed by atoms with Crippen LogP contribution in [-0.2, 0) is 11.2 Å². The SMILES string of the molecule is NC(=O)[C@@H](Cc1ccc(-c2ccccc2)cc1)NC(=O)c1cc(Br)cc(Br)c1. The molecule has 0 unspecified atom stereocenters. The minimum absolute atomic E-state index is 0.325. The van der Waals surface area contributed by atoms with Crippen LogP contribution in [0, 0.1) is 0 Å². The average molecular weight is 502 g/mol. The second-order valence-electron chi connectivity index (χ2n) is 6.35. The van der Waals surface area contributed by atoms with E-state index >= 15 is 0 Å². The summed E-state index contributed by atoms with van der Waals surface area (Å²) in [6, 6.07) is 22.3. The third-order valence-electron chi connectivity index (χ3n) is 4.27. The van der Waals surface area contributed by atoms with Crippen LogP contribution in [-0.4, -0.2) is 17.9 Å². The Morgan fingerprint density at radius 3 is 2.00 bits per heavy atom. The number of benzene rings is 3. The molecule has 6 heteroatoms. The van der Waals surface area contributed by atoms with Gasteiger partial charge in [-0.15, -0.1) is 0 Å². The fourth-order valence-electron chi connectivity index (χ4n) is 2.85. The summed E-state index contributed by atoms with van der Waals surface area (Å²) in [6.45, 7) is 0. The third kappa shape index (κ3) is 5.30. The summed E-state index contributed by atoms with van der Waals surface area (Å²) in [5, 5.41) is 2.73. The summed E-state index contributed by atoms with van der Waals surface area (Å²) in [4.78, 5) is 24.4. The average Bonchev–Trinajstić information content (AvgIpc) is 2.68. The topological polar surface area (TPSA) is 72.2 Å². The number of hydrogen-bond acceptors (Lipinski definition) is 2. The Kier molecular flexibility index (Phi) is 6.65. The van der Waals surface area contributed by atoms with Crippen molar-refractivity contribution < 1.29 is 9.59 Å². The summed E-state index contributed by atoms with van der Waals surface area (Å²) in [5.41, 5.74) is 9.08. The zero-order chi connectivity index (χ0) is 20.1. The molecule has 0 spiro atoms. The van der Waals surface area contributed by atoms with E-state index in [1.807, 2.05) is 60.7 Å². The van der Waals surface area contributed by atoms with Crippen molar-refractivity contribution in [2.75, 3.05) is 0 Å². The molecule has 28 heavy (non-hydrogen) atoms. The van der Waals surface area contributed by atoms with Gasteiger partial charge in [0.1, 0.15) is 6.04 Å². The maximum atomic E-state index is 12.5. The monoisotopic (exact) mass is 500 g/mol. The fraction of sp³-hybridized carbons (Fsp3) is 0.0909. The number of rotatable bonds is 6. The van der Waals surface area contributed by atoms with Crippen molar-refractivity contribution in [1.82, 2.24) is 5.32 Å². The molecule has 0 bridgehead atoms. The molecule has 3 aromatic rings. The van der Waals surface area contributed by atoms with Crippen molar-refractivity contribution in [3.63, 3.8) is 0 Å². The first-order valence-electron chi connectivity index (χ1n) is 8.63. The van der Waals surface area contributed by atoms with Crippen LogP contribution < -0.4 is 11.1 Å². The standard InChI is InChI=1S/C22H18Br2N2O2/c23-18-11-17(12-19(24)13-18)22(28)26-20(21(25)27)10-14-6-8-16(9-7-14)15-4-2-1-3-5-15/h1-9,11-13,20H,10H2,(H2,25,27)(H,26,28)/t20-/m1/s1. The number of nitrogens with two attached hydrogens (primary N) is 1. The van der Waals surface area contributed by atoms with Gasteiger partial charge in [-0.05, 0) is 34.9 Å². The van der Waals surface area contributed by atoms with Gasteiger partial charge < -0.3 is 11.1 Å². The van der Waals surface area contributed by atoms with Gasteiger partial charge in [0.2, 0.25) is 5.91 Å². The first-order valence-corrected chi connectivity index (χ1v) is 10.2. The van der Waals surface area contributed by atoms with E-state index in [1.165, 1.54) is 0 Å². The maximum Gasteiger partial charge on any atom is 0.252 e. The molecular weight excluding hydrogens is 484 g/mol. The van der Waals surface area contributed by atoms with Crippen molar-refractivity contribution in [2.24, 2.45) is 5.73 Å². The lowest BCUT2D eigenvalue weighted by atomic mass is 10.00. The summed E-state index contributed by atoms with van der Waals surface area (Å²) in [5.74, 6) is -0.929. The van der Waals surface area contributed by atoms with Crippen LogP contribution in [0.25, 0.3) is 11.1 Å². The Balaban J connectivity index is 1.72. The summed E-state index contributed by atoms with van der Waals surface area (Å²) >= 11 is 6.71. The number of nitrogens with one attached hydrogen (secondary N) is 1. The Hall–Kier alpha value is -2.44. The van der Waals surface area contributed by atoms with E-state index in [0.29, 0.717) is 12.0 Å². The highest BCUT2D eigenvalue weighted by Gasteiger charge is 2.20. The molecule has 3 N–H and O–H groups in total. The first kappa shape index (κ1) is 20.3. The van der Waals surface area contributed by atoms with Gasteiger partial charge in [0.05, 0.1) is 0 Å². The smallest absolute Gasteiger partial charge is 0.252 e. The lowest BCUT2D eigenvalue weighted by Gasteiger charge is -2.16. The molecular formula is C22H18Br2N2O2. The molecule has 1 atom stereocenters. The van der Waals surface area contributed by atoms with Gasteiger partial charge in [-0.25, -0.2) is 0 Å². The molecule has 0 aliphatic carbocycles. The molecule has 0 saturated carbocycles. The number of amides is 2. The highest BCUT2D eigenvalue weighted by molar-refractivity contribution is 9.11. The highest BCUT2D eigenvalue weighted by Crippen LogP contribution is 2.21. The summed E-state index contributed by atoms with van der Waals surface area (Å²) < 4.78 is 1.53. The lowest BCUT2D eigenvalue weighted by Crippen LogP contribution is -2.45. The predicted octanol–water partition coefficient (Wildman–Crippen LogP) is 4.71. The fourth-order valence-corrected chi connectivity index (χ4v) is 4.14. The van der Waals surface area contributed by atoms with Crippen molar-refractivity contribution in [1.29, 1.82) is 0 Å². The van der Waals surface area contributed by atoms with Crippen LogP contribution in [0.2, 0.25) is 0 Å². The van der Waals surface area contributed by atoms with Crippen LogP contribution in [0.15, 0.2) is 81.7 Å². The van der Waals surface area contributed by atoms with Crippen LogP contribution in [0.1, 0.15) is 15.9 Å². The van der Waals surface area contributed by atoms with Crippen LogP contribution in [0.4, 0.5) is 0 Å². The normalized spacial score (nSPS) is 11.6. The zero-order valence-corrected chi connectivity index (χ0v) is 18.0. The van der Waals surface area contributed by atoms with Gasteiger partial charge in [0.15, 0.2) is 0 Å². The van der Waals surface area contributed by atoms with E-state index in [-0.39, 0.29) is 5.91 Å². The molecule has 0 saturated heterocycles. The molecule has 2 amide bonds. The quantitative estimate of drug-likeness (QED) is 0.513. The molecule has 3 aromatic carbocycles. The molecule has 0 aliphatic rings. The number of carbonyl (C=O) groups excluding carboxylic acids is 2. The number of primary amides is 1. The van der Waals surface area contributed by atoms with E-state index < -0.39 is 11.9 Å². The zero-order valence-electron chi connectivity index (χ0n) is 14.9. The first-order chi connectivity index (χ1) is 13.4. The largest absolute Gasteiger partial charge is 0.368 e. The van der Waals surface area contributed by atoms with Crippen molar-refractivity contribution >= 4 is 43.7 Å². The van der Waals surface area contributed by atoms with E-state index in [2.05, 4.69) is 37.2 Å². The van der Waals surface area contributed by atoms with Crippen LogP contribution in [0.5, 0.6) is 0 Å². The van der Waals surface area contributed by atoms with Gasteiger partial charge in [-0.2, -0.15) is 0 Å². The molecule has 3 rings (SSSR count). The lowest BCUT2D eigenvalue weighted by molar-refractivity contribution is -0.119. The molecule has 0 aliphatic heterocycles. The summed E-state index contributed by atoms with van der Waals surface area (Å²) in [7, 11) is 0. The van der Waals surface area contributed by atoms with Gasteiger partial charge in [-0.3, -0.25) is 9.59 Å². The van der Waals surface area contributed by atoms with Gasteiger partial charge >= 0.3 is 0 Å². The van der Waals surface area contributed by atoms with E-state index in [4.69, 9.17) is 5.73 Å². The van der Waals surface area contributed by atoms with Crippen molar-refractivity contribution in [3.8, 4) is 11.1 Å². The highest BCUT2D eigenvalue weighted by atomic mass is 79.9. The number of hydrogen-bond donors (Lipinski definition) is 2. The Labute approximate surface area is 180 Å². The second-order valence-corrected chi connectivity index (χ2v) is 8.18. The molecule has 142 valence electrons. The van der Waals surface area contributed by atoms with Crippen LogP contribution >= 0.6 is 31.9 Å². The van der Waals surface area contributed by atoms with Gasteiger partial charge in [0.25, 0.3) is 5.91 Å². The van der Waals surface area contributed by atoms with Crippen molar-refractivity contribution in [3.05, 3.63) is 92.9 Å². The summed E-state index contributed by atoms with van der Waals surface area (Å²) in [6.07, 6.45) is 0.325. The maximum absolute atomic E-state index is 12.5. The van der Waals surface area contributed by atoms with E-state index in [0.717, 1.165) is 25.6 Å². The molecule has 4 nitrogen and oxygen atoms in total. The molecule has 0 radical (unpaired) electrons. The van der Waals surface area contributed by atoms with E-state index in [1.54, 1.807) is 12.1 Å². The number of halogens is 2. The molecule has 0 heterocycles. The Morgan fingerprint density at radius 2 is 1.43 bits per heavy atom. The predicted molar refractivity (Wildman–Crippen MR) is 118 cm³/mol. The van der Waals surface area contributed by atoms with E-state index in [9.17, 15) is 9.59 Å². The molecule has 0 aromatic heterocycles. The van der Waals surface area contributed by atoms with Gasteiger partial charge in [-0.1, -0.05) is 86.5 Å². The minimum Gasteiger partial charge on any atom is -0.368 e. The van der Waals surface area contributed by atoms with Crippen LogP contribution in [0.3, 0.4) is 0 Å². The number of carbonyl (C=O) groups is 2. The third-order valence-corrected chi connectivity index (χ3v) is 5.19. The van der Waals surface area contributed by atoms with Gasteiger partial charge in [0, 0.05) is 20.9 Å². The Bertz CT molecular complexity index is 969. The minimum atomic E-state index is -0.798. The second kappa shape index (κ2) is 9.17. The Morgan fingerprint density at radius 1 is 0.857 bits per heavy atom. The van der Waals surface area contributed by atoms with Crippen molar-refractivity contribution in [2.45, 2.75) is 12.5 Å². The molecule has 0 fully saturated rings.